The number of carbonyl (C=O) groups excluding carboxylic acids is 4. The Labute approximate surface area is 222 Å². The molecule has 2 aromatic carbocycles. The number of halogens is 2. The summed E-state index contributed by atoms with van der Waals surface area (Å²) in [6.45, 7) is 3.62. The lowest BCUT2D eigenvalue weighted by Gasteiger charge is -2.28. The predicted octanol–water partition coefficient (Wildman–Crippen LogP) is 2.81. The van der Waals surface area contributed by atoms with Gasteiger partial charge in [-0.25, -0.2) is 9.37 Å². The van der Waals surface area contributed by atoms with Gasteiger partial charge < -0.3 is 10.4 Å². The monoisotopic (exact) mass is 589 g/mol. The summed E-state index contributed by atoms with van der Waals surface area (Å²) >= 11 is 4.88. The summed E-state index contributed by atoms with van der Waals surface area (Å²) in [7, 11) is 0. The molecule has 1 aromatic heterocycles. The van der Waals surface area contributed by atoms with Gasteiger partial charge in [-0.1, -0.05) is 15.9 Å². The van der Waals surface area contributed by atoms with E-state index in [1.807, 2.05) is 32.0 Å². The number of amides is 4. The first kappa shape index (κ1) is 25.4. The Morgan fingerprint density at radius 2 is 1.97 bits per heavy atom. The molecule has 0 aliphatic carbocycles. The second kappa shape index (κ2) is 9.24. The SMILES string of the molecule is CC(C)(NC(O)Nc1ccc2c(c1F)C(=O)N(C1CCC(=O)NC1=O)C2=O)c1nc2ccc(Br)cc2s1. The summed E-state index contributed by atoms with van der Waals surface area (Å²) in [4.78, 5) is 54.8. The number of hydrogen-bond acceptors (Lipinski definition) is 9. The van der Waals surface area contributed by atoms with Gasteiger partial charge in [0, 0.05) is 10.9 Å². The van der Waals surface area contributed by atoms with Crippen molar-refractivity contribution in [2.45, 2.75) is 44.6 Å². The van der Waals surface area contributed by atoms with Crippen molar-refractivity contribution in [1.82, 2.24) is 20.5 Å². The van der Waals surface area contributed by atoms with E-state index in [0.717, 1.165) is 14.7 Å². The van der Waals surface area contributed by atoms with Crippen LogP contribution in [0.1, 0.15) is 52.4 Å². The number of piperidine rings is 1. The summed E-state index contributed by atoms with van der Waals surface area (Å²) in [6, 6.07) is 6.99. The highest BCUT2D eigenvalue weighted by molar-refractivity contribution is 9.10. The summed E-state index contributed by atoms with van der Waals surface area (Å²) in [5, 5.41) is 19.0. The number of nitrogens with one attached hydrogen (secondary N) is 3. The van der Waals surface area contributed by atoms with Crippen LogP contribution in [0.15, 0.2) is 34.8 Å². The van der Waals surface area contributed by atoms with Gasteiger partial charge in [0.1, 0.15) is 11.0 Å². The lowest BCUT2D eigenvalue weighted by Crippen LogP contribution is -2.54. The van der Waals surface area contributed by atoms with Crippen LogP contribution in [0, 0.1) is 5.82 Å². The average molecular weight is 590 g/mol. The molecule has 0 radical (unpaired) electrons. The first-order valence-corrected chi connectivity index (χ1v) is 12.9. The third kappa shape index (κ3) is 4.52. The number of hydrogen-bond donors (Lipinski definition) is 4. The maximum absolute atomic E-state index is 15.4. The van der Waals surface area contributed by atoms with Gasteiger partial charge >= 0.3 is 0 Å². The number of aliphatic hydroxyl groups is 1. The zero-order valence-corrected chi connectivity index (χ0v) is 22.0. The molecule has 2 aliphatic rings. The normalized spacial score (nSPS) is 18.8. The van der Waals surface area contributed by atoms with Crippen LogP contribution in [-0.2, 0) is 15.1 Å². The number of imide groups is 2. The molecule has 37 heavy (non-hydrogen) atoms. The van der Waals surface area contributed by atoms with Crippen molar-refractivity contribution in [3.8, 4) is 0 Å². The Morgan fingerprint density at radius 1 is 1.22 bits per heavy atom. The minimum Gasteiger partial charge on any atom is -0.361 e. The largest absolute Gasteiger partial charge is 0.361 e. The average Bonchev–Trinajstić information content (AvgIpc) is 3.35. The van der Waals surface area contributed by atoms with Crippen LogP contribution < -0.4 is 16.0 Å². The Hall–Kier alpha value is -3.26. The molecule has 3 aromatic rings. The highest BCUT2D eigenvalue weighted by Crippen LogP contribution is 2.34. The number of thiazole rings is 1. The zero-order valence-electron chi connectivity index (χ0n) is 19.6. The number of fused-ring (bicyclic) bond motifs is 2. The summed E-state index contributed by atoms with van der Waals surface area (Å²) in [6.07, 6.45) is -1.53. The molecule has 1 fully saturated rings. The number of carbonyl (C=O) groups is 4. The lowest BCUT2D eigenvalue weighted by atomic mass is 10.0. The molecule has 1 saturated heterocycles. The number of nitrogens with zero attached hydrogens (tertiary/aromatic N) is 2. The molecule has 0 saturated carbocycles. The van der Waals surface area contributed by atoms with Gasteiger partial charge in [-0.05, 0) is 50.6 Å². The molecule has 192 valence electrons. The molecule has 2 aliphatic heterocycles. The predicted molar refractivity (Wildman–Crippen MR) is 136 cm³/mol. The van der Waals surface area contributed by atoms with Crippen molar-refractivity contribution < 1.29 is 28.7 Å². The van der Waals surface area contributed by atoms with Gasteiger partial charge in [-0.2, -0.15) is 0 Å². The molecule has 3 heterocycles. The second-order valence-corrected chi connectivity index (χ2v) is 11.2. The number of benzene rings is 2. The maximum atomic E-state index is 15.4. The number of aromatic nitrogens is 1. The van der Waals surface area contributed by atoms with E-state index in [1.54, 1.807) is 0 Å². The highest BCUT2D eigenvalue weighted by Gasteiger charge is 2.46. The van der Waals surface area contributed by atoms with Crippen molar-refractivity contribution in [3.63, 3.8) is 0 Å². The van der Waals surface area contributed by atoms with Gasteiger partial charge in [-0.3, -0.25) is 34.7 Å². The summed E-state index contributed by atoms with van der Waals surface area (Å²) in [5.74, 6) is -4.11. The van der Waals surface area contributed by atoms with Gasteiger partial charge in [0.05, 0.1) is 32.6 Å². The molecule has 4 N–H and O–H groups in total. The smallest absolute Gasteiger partial charge is 0.265 e. The van der Waals surface area contributed by atoms with Gasteiger partial charge in [0.15, 0.2) is 12.2 Å². The molecule has 5 rings (SSSR count). The first-order chi connectivity index (χ1) is 17.5. The third-order valence-electron chi connectivity index (χ3n) is 6.22. The summed E-state index contributed by atoms with van der Waals surface area (Å²) in [5.41, 5.74) is -0.920. The zero-order chi connectivity index (χ0) is 26.6. The van der Waals surface area contributed by atoms with Gasteiger partial charge in [-0.15, -0.1) is 11.3 Å². The first-order valence-electron chi connectivity index (χ1n) is 11.3. The fraction of sp³-hybridized carbons (Fsp3) is 0.292. The quantitative estimate of drug-likeness (QED) is 0.254. The topological polar surface area (TPSA) is 141 Å². The van der Waals surface area contributed by atoms with E-state index >= 15 is 4.39 Å². The molecule has 10 nitrogen and oxygen atoms in total. The van der Waals surface area contributed by atoms with E-state index in [1.165, 1.54) is 23.5 Å². The molecule has 0 spiro atoms. The van der Waals surface area contributed by atoms with Crippen molar-refractivity contribution in [1.29, 1.82) is 0 Å². The van der Waals surface area contributed by atoms with Crippen LogP contribution in [0.25, 0.3) is 10.2 Å². The van der Waals surface area contributed by atoms with E-state index in [9.17, 15) is 24.3 Å². The van der Waals surface area contributed by atoms with Crippen molar-refractivity contribution in [3.05, 3.63) is 56.8 Å². The standard InChI is InChI=1S/C24H21BrFN5O5S/c1-24(2,22-27-12-5-3-10(25)9-15(12)37-22)30-23(36)28-13-6-4-11-17(18(13)26)21(35)31(20(11)34)14-7-8-16(32)29-19(14)33/h3-6,9,14,23,28,30,36H,7-8H2,1-2H3,(H,29,32,33). The molecule has 4 amide bonds. The Kier molecular flexibility index (Phi) is 6.34. The molecule has 2 unspecified atom stereocenters. The number of anilines is 1. The van der Waals surface area contributed by atoms with Crippen molar-refractivity contribution in [2.75, 3.05) is 5.32 Å². The number of aliphatic hydroxyl groups excluding tert-OH is 1. The van der Waals surface area contributed by atoms with Crippen molar-refractivity contribution >= 4 is 66.8 Å². The maximum Gasteiger partial charge on any atom is 0.265 e. The molecular weight excluding hydrogens is 569 g/mol. The van der Waals surface area contributed by atoms with Gasteiger partial charge in [0.2, 0.25) is 11.8 Å². The minimum atomic E-state index is -1.44. The third-order valence-corrected chi connectivity index (χ3v) is 8.06. The van der Waals surface area contributed by atoms with E-state index in [2.05, 4.69) is 36.9 Å². The van der Waals surface area contributed by atoms with Crippen molar-refractivity contribution in [2.24, 2.45) is 0 Å². The van der Waals surface area contributed by atoms with E-state index in [0.29, 0.717) is 9.91 Å². The molecular formula is C24H21BrFN5O5S. The Morgan fingerprint density at radius 3 is 2.70 bits per heavy atom. The Balaban J connectivity index is 1.35. The Bertz CT molecular complexity index is 1490. The van der Waals surface area contributed by atoms with Gasteiger partial charge in [0.25, 0.3) is 11.8 Å². The van der Waals surface area contributed by atoms with Crippen LogP contribution >= 0.6 is 27.3 Å². The minimum absolute atomic E-state index is 0.0384. The molecule has 13 heteroatoms. The van der Waals surface area contributed by atoms with E-state index in [4.69, 9.17) is 0 Å². The second-order valence-electron chi connectivity index (χ2n) is 9.24. The highest BCUT2D eigenvalue weighted by atomic mass is 79.9. The molecule has 2 atom stereocenters. The molecule has 0 bridgehead atoms. The van der Waals surface area contributed by atoms with Crippen LogP contribution in [0.3, 0.4) is 0 Å². The van der Waals surface area contributed by atoms with Crippen LogP contribution in [0.5, 0.6) is 0 Å². The van der Waals surface area contributed by atoms with E-state index in [-0.39, 0.29) is 24.1 Å². The summed E-state index contributed by atoms with van der Waals surface area (Å²) < 4.78 is 17.3. The number of rotatable bonds is 6. The fourth-order valence-electron chi connectivity index (χ4n) is 4.38. The fourth-order valence-corrected chi connectivity index (χ4v) is 5.96. The van der Waals surface area contributed by atoms with Crippen LogP contribution in [-0.4, -0.2) is 51.0 Å². The lowest BCUT2D eigenvalue weighted by molar-refractivity contribution is -0.136. The van der Waals surface area contributed by atoms with Crippen LogP contribution in [0.2, 0.25) is 0 Å². The van der Waals surface area contributed by atoms with E-state index < -0.39 is 52.9 Å². The van der Waals surface area contributed by atoms with Crippen LogP contribution in [0.4, 0.5) is 10.1 Å².